The van der Waals surface area contributed by atoms with E-state index < -0.39 is 33.5 Å². The number of hydrogen-bond donors (Lipinski definition) is 4. The first-order chi connectivity index (χ1) is 15.6. The van der Waals surface area contributed by atoms with Crippen molar-refractivity contribution in [1.82, 2.24) is 20.3 Å². The largest absolute Gasteiger partial charge is 0.412 e. The van der Waals surface area contributed by atoms with Crippen LogP contribution in [0.15, 0.2) is 0 Å². The molecule has 10 nitrogen and oxygen atoms in total. The minimum absolute atomic E-state index is 0. The summed E-state index contributed by atoms with van der Waals surface area (Å²) in [4.78, 5) is 24.6. The lowest BCUT2D eigenvalue weighted by Gasteiger charge is -2.33. The average Bonchev–Trinajstić information content (AvgIpc) is 2.79. The van der Waals surface area contributed by atoms with Crippen LogP contribution in [-0.4, -0.2) is 85.7 Å². The molecule has 3 atom stereocenters. The van der Waals surface area contributed by atoms with E-state index in [9.17, 15) is 23.1 Å². The smallest absolute Gasteiger partial charge is 0.242 e. The quantitative estimate of drug-likeness (QED) is 0.298. The lowest BCUT2D eigenvalue weighted by molar-refractivity contribution is -0.129. The van der Waals surface area contributed by atoms with Crippen LogP contribution in [0.1, 0.15) is 85.0 Å². The van der Waals surface area contributed by atoms with Crippen LogP contribution >= 0.6 is 0 Å². The molecule has 0 aliphatic heterocycles. The summed E-state index contributed by atoms with van der Waals surface area (Å²) in [5.74, 6) is -0.284. The van der Waals surface area contributed by atoms with Gasteiger partial charge in [-0.05, 0) is 39.2 Å². The van der Waals surface area contributed by atoms with Gasteiger partial charge in [0, 0.05) is 13.6 Å². The molecular formula is C24H50N4O6S. The molecule has 2 aliphatic carbocycles. The van der Waals surface area contributed by atoms with Crippen LogP contribution in [0.4, 0.5) is 0 Å². The molecule has 0 aromatic carbocycles. The van der Waals surface area contributed by atoms with Crippen molar-refractivity contribution in [2.24, 2.45) is 5.92 Å². The predicted octanol–water partition coefficient (Wildman–Crippen LogP) is 0.932. The van der Waals surface area contributed by atoms with Gasteiger partial charge >= 0.3 is 0 Å². The highest BCUT2D eigenvalue weighted by Crippen LogP contribution is 2.29. The van der Waals surface area contributed by atoms with E-state index >= 15 is 0 Å². The molecule has 2 aliphatic rings. The summed E-state index contributed by atoms with van der Waals surface area (Å²) in [7, 11) is -0.321. The Morgan fingerprint density at radius 2 is 1.54 bits per heavy atom. The van der Waals surface area contributed by atoms with Gasteiger partial charge in [0.1, 0.15) is 6.04 Å². The van der Waals surface area contributed by atoms with E-state index in [0.29, 0.717) is 25.2 Å². The highest BCUT2D eigenvalue weighted by atomic mass is 32.2. The van der Waals surface area contributed by atoms with E-state index in [0.717, 1.165) is 44.9 Å². The molecule has 2 rings (SSSR count). The first-order valence-electron chi connectivity index (χ1n) is 12.5. The van der Waals surface area contributed by atoms with Crippen LogP contribution in [0.3, 0.4) is 0 Å². The standard InChI is InChI=1S/C23H44N4O5S.CH4.H2O/c1-17(25-22(29)15-24-2)23(30)26-20(14-18-10-6-4-7-11-18)21(28)16-27(3)33(31,32)19-12-8-5-9-13-19;;/h17-21,24,28H,4-16H2,1-3H3,(H,25,29)(H,26,30);1H4;1H2/t17?,20-,21+;;/m0../s1. The second-order valence-corrected chi connectivity index (χ2v) is 12.1. The Labute approximate surface area is 212 Å². The van der Waals surface area contributed by atoms with E-state index in [1.165, 1.54) is 17.8 Å². The number of likely N-dealkylation sites (N-methyl/N-ethyl adjacent to an activating group) is 2. The summed E-state index contributed by atoms with van der Waals surface area (Å²) in [6.07, 6.45) is 9.35. The van der Waals surface area contributed by atoms with Gasteiger partial charge in [0.15, 0.2) is 0 Å². The zero-order chi connectivity index (χ0) is 24.4. The Balaban J connectivity index is 0.00000578. The SMILES string of the molecule is C.CNCC(=O)NC(C)C(=O)N[C@@H](CC1CCCCC1)[C@H](O)CN(C)S(=O)(=O)C1CCCCC1.O. The van der Waals surface area contributed by atoms with Crippen molar-refractivity contribution in [1.29, 1.82) is 0 Å². The number of aliphatic hydroxyl groups is 1. The molecule has 0 saturated heterocycles. The number of nitrogens with zero attached hydrogens (tertiary/aromatic N) is 1. The molecule has 0 spiro atoms. The molecule has 0 aromatic heterocycles. The highest BCUT2D eigenvalue weighted by Gasteiger charge is 2.34. The van der Waals surface area contributed by atoms with Crippen molar-refractivity contribution in [2.75, 3.05) is 27.2 Å². The molecule has 1 unspecified atom stereocenters. The minimum atomic E-state index is -3.49. The van der Waals surface area contributed by atoms with Crippen molar-refractivity contribution >= 4 is 21.8 Å². The number of rotatable bonds is 12. The van der Waals surface area contributed by atoms with Crippen molar-refractivity contribution in [3.63, 3.8) is 0 Å². The Bertz CT molecular complexity index is 724. The number of sulfonamides is 1. The maximum absolute atomic E-state index is 13.0. The van der Waals surface area contributed by atoms with Gasteiger partial charge in [0.2, 0.25) is 21.8 Å². The van der Waals surface area contributed by atoms with Gasteiger partial charge in [-0.15, -0.1) is 0 Å². The number of carbonyl (C=O) groups excluding carboxylic acids is 2. The molecular weight excluding hydrogens is 472 g/mol. The van der Waals surface area contributed by atoms with Crippen LogP contribution in [0, 0.1) is 5.92 Å². The third kappa shape index (κ3) is 10.7. The van der Waals surface area contributed by atoms with Crippen LogP contribution in [0.5, 0.6) is 0 Å². The fourth-order valence-corrected chi connectivity index (χ4v) is 6.83. The summed E-state index contributed by atoms with van der Waals surface area (Å²) < 4.78 is 27.3. The van der Waals surface area contributed by atoms with Gasteiger partial charge in [-0.2, -0.15) is 0 Å². The Hall–Kier alpha value is -1.27. The number of aliphatic hydroxyl groups excluding tert-OH is 1. The van der Waals surface area contributed by atoms with E-state index in [1.807, 2.05) is 0 Å². The summed E-state index contributed by atoms with van der Waals surface area (Å²) in [6, 6.07) is -1.33. The predicted molar refractivity (Wildman–Crippen MR) is 139 cm³/mol. The lowest BCUT2D eigenvalue weighted by Crippen LogP contribution is -2.55. The molecule has 0 radical (unpaired) electrons. The van der Waals surface area contributed by atoms with E-state index in [-0.39, 0.29) is 37.8 Å². The molecule has 11 heteroatoms. The van der Waals surface area contributed by atoms with E-state index in [4.69, 9.17) is 0 Å². The summed E-state index contributed by atoms with van der Waals surface area (Å²) in [6.45, 7) is 1.65. The first kappa shape index (κ1) is 33.7. The normalized spacial score (nSPS) is 20.1. The van der Waals surface area contributed by atoms with E-state index in [2.05, 4.69) is 16.0 Å². The second-order valence-electron chi connectivity index (χ2n) is 9.83. The molecule has 0 bridgehead atoms. The van der Waals surface area contributed by atoms with Gasteiger partial charge in [-0.25, -0.2) is 12.7 Å². The van der Waals surface area contributed by atoms with Gasteiger partial charge < -0.3 is 26.5 Å². The maximum atomic E-state index is 13.0. The lowest BCUT2D eigenvalue weighted by atomic mass is 9.83. The molecule has 208 valence electrons. The van der Waals surface area contributed by atoms with Crippen LogP contribution in [0.25, 0.3) is 0 Å². The highest BCUT2D eigenvalue weighted by molar-refractivity contribution is 7.89. The fourth-order valence-electron chi connectivity index (χ4n) is 5.03. The Kier molecular flexibility index (Phi) is 15.9. The van der Waals surface area contributed by atoms with Gasteiger partial charge in [0.25, 0.3) is 0 Å². The second kappa shape index (κ2) is 16.5. The third-order valence-corrected chi connectivity index (χ3v) is 9.40. The number of nitrogens with one attached hydrogen (secondary N) is 3. The summed E-state index contributed by atoms with van der Waals surface area (Å²) in [5, 5.41) is 18.9. The first-order valence-corrected chi connectivity index (χ1v) is 14.0. The number of hydrogen-bond acceptors (Lipinski definition) is 6. The molecule has 2 saturated carbocycles. The average molecular weight is 523 g/mol. The monoisotopic (exact) mass is 522 g/mol. The molecule has 6 N–H and O–H groups in total. The summed E-state index contributed by atoms with van der Waals surface area (Å²) in [5.41, 5.74) is 0. The van der Waals surface area contributed by atoms with Crippen LogP contribution in [0.2, 0.25) is 0 Å². The molecule has 0 heterocycles. The molecule has 0 aromatic rings. The fraction of sp³-hybridized carbons (Fsp3) is 0.917. The van der Waals surface area contributed by atoms with Gasteiger partial charge in [-0.3, -0.25) is 9.59 Å². The Morgan fingerprint density at radius 3 is 2.09 bits per heavy atom. The number of amides is 2. The zero-order valence-electron chi connectivity index (χ0n) is 21.0. The minimum Gasteiger partial charge on any atom is -0.412 e. The van der Waals surface area contributed by atoms with Gasteiger partial charge in [0.05, 0.1) is 23.9 Å². The van der Waals surface area contributed by atoms with Crippen LogP contribution in [-0.2, 0) is 19.6 Å². The van der Waals surface area contributed by atoms with Crippen molar-refractivity contribution in [2.45, 2.75) is 108 Å². The van der Waals surface area contributed by atoms with Crippen molar-refractivity contribution in [3.8, 4) is 0 Å². The van der Waals surface area contributed by atoms with Gasteiger partial charge in [-0.1, -0.05) is 58.8 Å². The summed E-state index contributed by atoms with van der Waals surface area (Å²) >= 11 is 0. The Morgan fingerprint density at radius 1 is 1.00 bits per heavy atom. The molecule has 35 heavy (non-hydrogen) atoms. The van der Waals surface area contributed by atoms with Crippen LogP contribution < -0.4 is 16.0 Å². The molecule has 2 fully saturated rings. The van der Waals surface area contributed by atoms with Crippen molar-refractivity contribution in [3.05, 3.63) is 0 Å². The topological polar surface area (TPSA) is 159 Å². The van der Waals surface area contributed by atoms with Crippen molar-refractivity contribution < 1.29 is 28.6 Å². The zero-order valence-corrected chi connectivity index (χ0v) is 21.8. The van der Waals surface area contributed by atoms with E-state index in [1.54, 1.807) is 14.0 Å². The number of carbonyl (C=O) groups is 2. The molecule has 2 amide bonds. The maximum Gasteiger partial charge on any atom is 0.242 e. The third-order valence-electron chi connectivity index (χ3n) is 7.06.